The topological polar surface area (TPSA) is 120 Å². The zero-order valence-electron chi connectivity index (χ0n) is 25.7. The molecule has 9 nitrogen and oxygen atoms in total. The highest BCUT2D eigenvalue weighted by molar-refractivity contribution is 7.98. The van der Waals surface area contributed by atoms with Crippen molar-refractivity contribution in [1.29, 1.82) is 0 Å². The molecule has 0 spiro atoms. The van der Waals surface area contributed by atoms with Crippen LogP contribution in [0.5, 0.6) is 5.75 Å². The molecule has 1 aromatic heterocycles. The molecule has 246 valence electrons. The summed E-state index contributed by atoms with van der Waals surface area (Å²) in [6, 6.07) is 11.4. The van der Waals surface area contributed by atoms with Gasteiger partial charge in [0.05, 0.1) is 29.7 Å². The number of amides is 1. The maximum Gasteiger partial charge on any atom is 0.251 e. The molecule has 0 bridgehead atoms. The number of sulfonamides is 1. The number of halogens is 4. The maximum atomic E-state index is 15.3. The molecule has 0 saturated carbocycles. The molecular formula is C31H33Cl2F2N5O4S2. The number of nitrogens with zero attached hydrogens (tertiary/aromatic N) is 3. The van der Waals surface area contributed by atoms with Crippen LogP contribution in [-0.2, 0) is 21.2 Å². The first-order valence-corrected chi connectivity index (χ1v) is 17.1. The average Bonchev–Trinajstić information content (AvgIpc) is 3.40. The van der Waals surface area contributed by atoms with E-state index in [1.807, 2.05) is 32.8 Å². The first kappa shape index (κ1) is 35.7. The molecule has 0 atom stereocenters. The largest absolute Gasteiger partial charge is 0.494 e. The molecule has 0 saturated heterocycles. The number of hydrogen-bond donors (Lipinski definition) is 2. The fourth-order valence-corrected chi connectivity index (χ4v) is 7.16. The number of primary sulfonamides is 1. The highest BCUT2D eigenvalue weighted by atomic mass is 35.5. The second-order valence-electron chi connectivity index (χ2n) is 11.2. The molecule has 15 heteroatoms. The van der Waals surface area contributed by atoms with Crippen LogP contribution < -0.4 is 15.2 Å². The van der Waals surface area contributed by atoms with Crippen molar-refractivity contribution in [2.24, 2.45) is 5.14 Å². The number of methoxy groups -OCH3 is 1. The second kappa shape index (κ2) is 14.3. The molecule has 4 aromatic rings. The van der Waals surface area contributed by atoms with Gasteiger partial charge in [0.1, 0.15) is 10.7 Å². The van der Waals surface area contributed by atoms with Crippen molar-refractivity contribution < 1.29 is 26.7 Å². The Bertz CT molecular complexity index is 1860. The quantitative estimate of drug-likeness (QED) is 0.173. The van der Waals surface area contributed by atoms with Gasteiger partial charge in [0.15, 0.2) is 16.7 Å². The third kappa shape index (κ3) is 7.84. The van der Waals surface area contributed by atoms with Gasteiger partial charge in [-0.15, -0.1) is 0 Å². The van der Waals surface area contributed by atoms with Gasteiger partial charge in [0.25, 0.3) is 5.91 Å². The number of ether oxygens (including phenoxy) is 1. The molecule has 1 amide bonds. The Hall–Kier alpha value is -3.20. The van der Waals surface area contributed by atoms with Crippen LogP contribution in [0.3, 0.4) is 0 Å². The molecule has 46 heavy (non-hydrogen) atoms. The van der Waals surface area contributed by atoms with Gasteiger partial charge >= 0.3 is 0 Å². The summed E-state index contributed by atoms with van der Waals surface area (Å²) in [6.07, 6.45) is 1.62. The minimum Gasteiger partial charge on any atom is -0.494 e. The maximum absolute atomic E-state index is 15.3. The Morgan fingerprint density at radius 3 is 2.41 bits per heavy atom. The number of rotatable bonds is 12. The number of aromatic nitrogens is 2. The van der Waals surface area contributed by atoms with E-state index in [4.69, 9.17) is 33.1 Å². The molecule has 1 heterocycles. The van der Waals surface area contributed by atoms with Crippen molar-refractivity contribution in [1.82, 2.24) is 19.8 Å². The lowest BCUT2D eigenvalue weighted by atomic mass is 9.81. The van der Waals surface area contributed by atoms with E-state index in [9.17, 15) is 17.6 Å². The van der Waals surface area contributed by atoms with Crippen molar-refractivity contribution in [3.8, 4) is 11.4 Å². The minimum atomic E-state index is -4.04. The van der Waals surface area contributed by atoms with E-state index in [0.717, 1.165) is 6.07 Å². The number of nitrogens with two attached hydrogens (primary N) is 1. The summed E-state index contributed by atoms with van der Waals surface area (Å²) in [6.45, 7) is 4.78. The lowest BCUT2D eigenvalue weighted by Gasteiger charge is -2.28. The molecule has 0 aliphatic carbocycles. The van der Waals surface area contributed by atoms with E-state index in [2.05, 4.69) is 10.3 Å². The molecule has 0 fully saturated rings. The predicted octanol–water partition coefficient (Wildman–Crippen LogP) is 6.02. The summed E-state index contributed by atoms with van der Waals surface area (Å²) in [5.74, 6) is -1.60. The summed E-state index contributed by atoms with van der Waals surface area (Å²) in [7, 11) is 1.06. The monoisotopic (exact) mass is 711 g/mol. The van der Waals surface area contributed by atoms with Gasteiger partial charge in [-0.2, -0.15) is 0 Å². The Morgan fingerprint density at radius 1 is 1.09 bits per heavy atom. The third-order valence-corrected chi connectivity index (χ3v) is 10.0. The molecule has 0 aliphatic rings. The summed E-state index contributed by atoms with van der Waals surface area (Å²) < 4.78 is 60.6. The van der Waals surface area contributed by atoms with Crippen molar-refractivity contribution in [3.05, 3.63) is 98.8 Å². The number of carbonyl (C=O) groups excluding carboxylic acids is 1. The Labute approximate surface area is 281 Å². The lowest BCUT2D eigenvalue weighted by molar-refractivity contribution is 0.0950. The number of thioether (sulfide) groups is 1. The van der Waals surface area contributed by atoms with Crippen LogP contribution in [0, 0.1) is 11.6 Å². The first-order valence-electron chi connectivity index (χ1n) is 13.8. The van der Waals surface area contributed by atoms with Crippen LogP contribution in [0.4, 0.5) is 8.78 Å². The van der Waals surface area contributed by atoms with Gasteiger partial charge in [0, 0.05) is 46.5 Å². The standard InChI is InChI=1S/C31H33Cl2F2N5O4S2/c1-31(2,19-6-9-27(23(33)14-19)46(36,42)43)28-16-38-30(40(28)20-7-8-24(34)26(15-20)44-5)45-17-21-22(32)12-18(13-25(21)35)29(41)37-10-11-39(3)4/h6-9,12-16H,10-11,17H2,1-5H3,(H,37,41)(H2,36,42,43). The summed E-state index contributed by atoms with van der Waals surface area (Å²) in [5, 5.41) is 8.49. The number of imidazole rings is 1. The summed E-state index contributed by atoms with van der Waals surface area (Å²) >= 11 is 14.0. The van der Waals surface area contributed by atoms with E-state index >= 15 is 4.39 Å². The van der Waals surface area contributed by atoms with Gasteiger partial charge in [-0.25, -0.2) is 27.3 Å². The van der Waals surface area contributed by atoms with Gasteiger partial charge in [-0.1, -0.05) is 54.9 Å². The van der Waals surface area contributed by atoms with Gasteiger partial charge in [-0.05, 0) is 56.1 Å². The highest BCUT2D eigenvalue weighted by Crippen LogP contribution is 2.39. The molecule has 0 radical (unpaired) electrons. The molecule has 0 unspecified atom stereocenters. The zero-order valence-corrected chi connectivity index (χ0v) is 28.8. The van der Waals surface area contributed by atoms with Crippen molar-refractivity contribution in [2.45, 2.75) is 35.1 Å². The van der Waals surface area contributed by atoms with Crippen LogP contribution in [-0.4, -0.2) is 63.1 Å². The molecule has 3 aromatic carbocycles. The third-order valence-electron chi connectivity index (χ3n) is 7.32. The van der Waals surface area contributed by atoms with E-state index in [0.29, 0.717) is 35.2 Å². The zero-order chi connectivity index (χ0) is 34.0. The summed E-state index contributed by atoms with van der Waals surface area (Å²) in [5.41, 5.74) is 1.22. The first-order chi connectivity index (χ1) is 21.5. The van der Waals surface area contributed by atoms with Gasteiger partial charge in [0.2, 0.25) is 10.0 Å². The van der Waals surface area contributed by atoms with E-state index in [-0.39, 0.29) is 37.6 Å². The lowest BCUT2D eigenvalue weighted by Crippen LogP contribution is -2.31. The fraction of sp³-hybridized carbons (Fsp3) is 0.290. The molecular weight excluding hydrogens is 679 g/mol. The normalized spacial score (nSPS) is 12.1. The molecule has 0 aliphatic heterocycles. The molecule has 3 N–H and O–H groups in total. The number of carbonyl (C=O) groups is 1. The number of benzene rings is 3. The number of nitrogens with one attached hydrogen (secondary N) is 1. The fourth-order valence-electron chi connectivity index (χ4n) is 4.69. The summed E-state index contributed by atoms with van der Waals surface area (Å²) in [4.78, 5) is 18.9. The van der Waals surface area contributed by atoms with Crippen LogP contribution in [0.1, 0.15) is 41.0 Å². The predicted molar refractivity (Wildman–Crippen MR) is 177 cm³/mol. The van der Waals surface area contributed by atoms with E-state index in [1.54, 1.807) is 22.9 Å². The van der Waals surface area contributed by atoms with Crippen LogP contribution in [0.25, 0.3) is 5.69 Å². The second-order valence-corrected chi connectivity index (χ2v) is 14.4. The van der Waals surface area contributed by atoms with Crippen LogP contribution >= 0.6 is 35.0 Å². The Morgan fingerprint density at radius 2 is 1.80 bits per heavy atom. The van der Waals surface area contributed by atoms with Crippen molar-refractivity contribution in [3.63, 3.8) is 0 Å². The van der Waals surface area contributed by atoms with E-state index in [1.165, 1.54) is 49.2 Å². The van der Waals surface area contributed by atoms with Crippen LogP contribution in [0.15, 0.2) is 64.8 Å². The smallest absolute Gasteiger partial charge is 0.251 e. The minimum absolute atomic E-state index is 0.00000755. The number of likely N-dealkylation sites (N-methyl/N-ethyl adjacent to an activating group) is 1. The van der Waals surface area contributed by atoms with Crippen molar-refractivity contribution in [2.75, 3.05) is 34.3 Å². The Kier molecular flexibility index (Phi) is 11.1. The highest BCUT2D eigenvalue weighted by Gasteiger charge is 2.31. The SMILES string of the molecule is COc1cc(-n2c(C(C)(C)c3ccc(S(N)(=O)=O)c(Cl)c3)cnc2SCc2c(F)cc(C(=O)NCCN(C)C)cc2Cl)ccc1F. The van der Waals surface area contributed by atoms with Crippen molar-refractivity contribution >= 4 is 50.9 Å². The van der Waals surface area contributed by atoms with E-state index < -0.39 is 33.0 Å². The van der Waals surface area contributed by atoms with Gasteiger partial charge < -0.3 is 15.0 Å². The molecule has 4 rings (SSSR count). The van der Waals surface area contributed by atoms with Gasteiger partial charge in [-0.3, -0.25) is 9.36 Å². The van der Waals surface area contributed by atoms with Crippen LogP contribution in [0.2, 0.25) is 10.0 Å². The Balaban J connectivity index is 1.73. The average molecular weight is 713 g/mol. The number of hydrogen-bond acceptors (Lipinski definition) is 7.